The highest BCUT2D eigenvalue weighted by Gasteiger charge is 2.12. The summed E-state index contributed by atoms with van der Waals surface area (Å²) in [5, 5.41) is 8.85. The highest BCUT2D eigenvalue weighted by atomic mass is 16.4. The van der Waals surface area contributed by atoms with Crippen LogP contribution < -0.4 is 0 Å². The van der Waals surface area contributed by atoms with E-state index in [0.29, 0.717) is 11.5 Å². The molecule has 0 saturated carbocycles. The number of furan rings is 2. The van der Waals surface area contributed by atoms with Crippen LogP contribution in [-0.2, 0) is 9.59 Å². The molecular weight excluding hydrogens is 260 g/mol. The van der Waals surface area contributed by atoms with Crippen LogP contribution in [0.15, 0.2) is 57.3 Å². The van der Waals surface area contributed by atoms with E-state index in [2.05, 4.69) is 0 Å². The molecule has 0 saturated heterocycles. The van der Waals surface area contributed by atoms with Crippen LogP contribution in [0.4, 0.5) is 0 Å². The van der Waals surface area contributed by atoms with Crippen LogP contribution in [0.5, 0.6) is 0 Å². The van der Waals surface area contributed by atoms with Gasteiger partial charge in [0.15, 0.2) is 5.78 Å². The van der Waals surface area contributed by atoms with Gasteiger partial charge in [0, 0.05) is 5.57 Å². The highest BCUT2D eigenvalue weighted by molar-refractivity contribution is 6.10. The fourth-order valence-electron chi connectivity index (χ4n) is 1.57. The van der Waals surface area contributed by atoms with Gasteiger partial charge in [0.05, 0.1) is 18.9 Å². The lowest BCUT2D eigenvalue weighted by Crippen LogP contribution is -2.05. The third-order valence-electron chi connectivity index (χ3n) is 2.46. The Bertz CT molecular complexity index is 630. The smallest absolute Gasteiger partial charge is 0.307 e. The number of rotatable bonds is 6. The molecule has 2 aromatic heterocycles. The molecule has 0 aliphatic heterocycles. The fourth-order valence-corrected chi connectivity index (χ4v) is 1.57. The fraction of sp³-hybridized carbons (Fsp3) is 0.0667. The zero-order valence-corrected chi connectivity index (χ0v) is 10.5. The van der Waals surface area contributed by atoms with Crippen LogP contribution in [0.25, 0.3) is 12.2 Å². The second-order valence-corrected chi connectivity index (χ2v) is 3.97. The third kappa shape index (κ3) is 3.84. The SMILES string of the molecule is O=C(O)C/C(=C\c1ccco1)C(=O)/C=C/c1ccco1. The number of hydrogen-bond acceptors (Lipinski definition) is 4. The second kappa shape index (κ2) is 6.38. The van der Waals surface area contributed by atoms with Crippen molar-refractivity contribution in [2.75, 3.05) is 0 Å². The Balaban J connectivity index is 2.18. The quantitative estimate of drug-likeness (QED) is 0.817. The Morgan fingerprint density at radius 3 is 2.30 bits per heavy atom. The molecule has 1 N–H and O–H groups in total. The van der Waals surface area contributed by atoms with Crippen molar-refractivity contribution in [3.63, 3.8) is 0 Å². The van der Waals surface area contributed by atoms with Gasteiger partial charge in [-0.15, -0.1) is 0 Å². The van der Waals surface area contributed by atoms with E-state index in [1.807, 2.05) is 0 Å². The maximum Gasteiger partial charge on any atom is 0.307 e. The number of carboxylic acids is 1. The summed E-state index contributed by atoms with van der Waals surface area (Å²) in [7, 11) is 0. The van der Waals surface area contributed by atoms with E-state index in [4.69, 9.17) is 13.9 Å². The summed E-state index contributed by atoms with van der Waals surface area (Å²) < 4.78 is 10.1. The van der Waals surface area contributed by atoms with Gasteiger partial charge in [-0.25, -0.2) is 0 Å². The standard InChI is InChI=1S/C15H12O5/c16-14(6-5-12-3-1-7-19-12)11(10-15(17)18)9-13-4-2-8-20-13/h1-9H,10H2,(H,17,18)/b6-5+,11-9+. The molecule has 2 aromatic rings. The lowest BCUT2D eigenvalue weighted by molar-refractivity contribution is -0.136. The minimum absolute atomic E-state index is 0.134. The molecule has 102 valence electrons. The minimum atomic E-state index is -1.08. The van der Waals surface area contributed by atoms with Crippen LogP contribution in [0.3, 0.4) is 0 Å². The van der Waals surface area contributed by atoms with E-state index in [-0.39, 0.29) is 12.0 Å². The van der Waals surface area contributed by atoms with E-state index in [1.165, 1.54) is 30.8 Å². The number of ketones is 1. The van der Waals surface area contributed by atoms with E-state index in [0.717, 1.165) is 0 Å². The minimum Gasteiger partial charge on any atom is -0.481 e. The Morgan fingerprint density at radius 1 is 1.10 bits per heavy atom. The summed E-state index contributed by atoms with van der Waals surface area (Å²) in [6.45, 7) is 0. The van der Waals surface area contributed by atoms with E-state index >= 15 is 0 Å². The van der Waals surface area contributed by atoms with Crippen molar-refractivity contribution < 1.29 is 23.5 Å². The lowest BCUT2D eigenvalue weighted by atomic mass is 10.1. The summed E-state index contributed by atoms with van der Waals surface area (Å²) >= 11 is 0. The van der Waals surface area contributed by atoms with Crippen LogP contribution in [0.1, 0.15) is 17.9 Å². The summed E-state index contributed by atoms with van der Waals surface area (Å²) in [4.78, 5) is 22.8. The van der Waals surface area contributed by atoms with Gasteiger partial charge in [-0.05, 0) is 42.5 Å². The summed E-state index contributed by atoms with van der Waals surface area (Å²) in [5.41, 5.74) is 0.134. The van der Waals surface area contributed by atoms with Gasteiger partial charge in [0.1, 0.15) is 11.5 Å². The molecule has 0 amide bonds. The largest absolute Gasteiger partial charge is 0.481 e. The predicted molar refractivity (Wildman–Crippen MR) is 71.7 cm³/mol. The zero-order chi connectivity index (χ0) is 14.4. The summed E-state index contributed by atoms with van der Waals surface area (Å²) in [6.07, 6.45) is 6.75. The normalized spacial score (nSPS) is 11.9. The average Bonchev–Trinajstić information content (AvgIpc) is 3.07. The monoisotopic (exact) mass is 272 g/mol. The van der Waals surface area contributed by atoms with Gasteiger partial charge in [-0.3, -0.25) is 9.59 Å². The molecule has 0 bridgehead atoms. The number of carbonyl (C=O) groups is 2. The lowest BCUT2D eigenvalue weighted by Gasteiger charge is -1.99. The first-order chi connectivity index (χ1) is 9.65. The van der Waals surface area contributed by atoms with Gasteiger partial charge in [0.2, 0.25) is 0 Å². The molecule has 5 heteroatoms. The molecule has 0 radical (unpaired) electrons. The molecule has 0 atom stereocenters. The molecule has 5 nitrogen and oxygen atoms in total. The van der Waals surface area contributed by atoms with Crippen molar-refractivity contribution >= 4 is 23.9 Å². The van der Waals surface area contributed by atoms with Crippen molar-refractivity contribution in [1.29, 1.82) is 0 Å². The highest BCUT2D eigenvalue weighted by Crippen LogP contribution is 2.13. The van der Waals surface area contributed by atoms with Crippen molar-refractivity contribution in [2.45, 2.75) is 6.42 Å². The molecule has 0 aliphatic carbocycles. The molecule has 2 heterocycles. The van der Waals surface area contributed by atoms with Crippen molar-refractivity contribution in [1.82, 2.24) is 0 Å². The number of allylic oxidation sites excluding steroid dienone is 1. The number of hydrogen-bond donors (Lipinski definition) is 1. The molecule has 2 rings (SSSR count). The Kier molecular flexibility index (Phi) is 4.34. The first kappa shape index (κ1) is 13.6. The first-order valence-corrected chi connectivity index (χ1v) is 5.87. The maximum atomic E-state index is 12.0. The second-order valence-electron chi connectivity index (χ2n) is 3.97. The molecule has 0 spiro atoms. The Morgan fingerprint density at radius 2 is 1.75 bits per heavy atom. The van der Waals surface area contributed by atoms with Gasteiger partial charge >= 0.3 is 5.97 Å². The third-order valence-corrected chi connectivity index (χ3v) is 2.46. The Labute approximate surface area is 114 Å². The van der Waals surface area contributed by atoms with Gasteiger partial charge in [0.25, 0.3) is 0 Å². The van der Waals surface area contributed by atoms with E-state index < -0.39 is 11.8 Å². The summed E-state index contributed by atoms with van der Waals surface area (Å²) in [5.74, 6) is -0.533. The van der Waals surface area contributed by atoms with Crippen LogP contribution >= 0.6 is 0 Å². The summed E-state index contributed by atoms with van der Waals surface area (Å²) in [6, 6.07) is 6.69. The topological polar surface area (TPSA) is 80.6 Å². The molecule has 0 aromatic carbocycles. The van der Waals surface area contributed by atoms with Crippen molar-refractivity contribution in [3.05, 3.63) is 60.0 Å². The van der Waals surface area contributed by atoms with Crippen molar-refractivity contribution in [3.8, 4) is 0 Å². The van der Waals surface area contributed by atoms with Crippen LogP contribution in [0, 0.1) is 0 Å². The van der Waals surface area contributed by atoms with Crippen LogP contribution in [0.2, 0.25) is 0 Å². The molecule has 0 unspecified atom stereocenters. The number of carbonyl (C=O) groups excluding carboxylic acids is 1. The van der Waals surface area contributed by atoms with Gasteiger partial charge in [-0.1, -0.05) is 0 Å². The Hall–Kier alpha value is -2.82. The molecule has 0 aliphatic rings. The van der Waals surface area contributed by atoms with Crippen LogP contribution in [-0.4, -0.2) is 16.9 Å². The predicted octanol–water partition coefficient (Wildman–Crippen LogP) is 3.01. The molecule has 20 heavy (non-hydrogen) atoms. The maximum absolute atomic E-state index is 12.0. The molecular formula is C15H12O5. The first-order valence-electron chi connectivity index (χ1n) is 5.87. The van der Waals surface area contributed by atoms with Crippen molar-refractivity contribution in [2.24, 2.45) is 0 Å². The number of aliphatic carboxylic acids is 1. The zero-order valence-electron chi connectivity index (χ0n) is 10.5. The average molecular weight is 272 g/mol. The van der Waals surface area contributed by atoms with E-state index in [9.17, 15) is 9.59 Å². The molecule has 0 fully saturated rings. The van der Waals surface area contributed by atoms with E-state index in [1.54, 1.807) is 24.3 Å². The number of carboxylic acid groups (broad SMARTS) is 1. The van der Waals surface area contributed by atoms with Gasteiger partial charge in [-0.2, -0.15) is 0 Å². The van der Waals surface area contributed by atoms with Gasteiger partial charge < -0.3 is 13.9 Å².